The van der Waals surface area contributed by atoms with Crippen LogP contribution in [0.15, 0.2) is 29.0 Å². The normalized spacial score (nSPS) is 17.6. The number of nitrogens with zero attached hydrogens (tertiary/aromatic N) is 1. The molecule has 1 aliphatic rings. The third-order valence-electron chi connectivity index (χ3n) is 1.06. The first kappa shape index (κ1) is 5.09. The van der Waals surface area contributed by atoms with E-state index in [1.54, 1.807) is 12.5 Å². The van der Waals surface area contributed by atoms with E-state index in [9.17, 15) is 0 Å². The summed E-state index contributed by atoms with van der Waals surface area (Å²) in [6.07, 6.45) is 3.40. The first-order valence-corrected chi connectivity index (χ1v) is 2.45. The minimum atomic E-state index is 0.931. The summed E-state index contributed by atoms with van der Waals surface area (Å²) in [5.74, 6) is 0. The van der Waals surface area contributed by atoms with Gasteiger partial charge < -0.3 is 5.32 Å². The van der Waals surface area contributed by atoms with E-state index in [-0.39, 0.29) is 0 Å². The van der Waals surface area contributed by atoms with Gasteiger partial charge in [-0.05, 0) is 12.5 Å². The zero-order chi connectivity index (χ0) is 5.98. The molecule has 1 aliphatic heterocycles. The van der Waals surface area contributed by atoms with Gasteiger partial charge in [-0.3, -0.25) is 0 Å². The van der Waals surface area contributed by atoms with Crippen molar-refractivity contribution in [2.45, 2.75) is 6.92 Å². The first-order chi connectivity index (χ1) is 3.80. The average molecular weight is 108 g/mol. The molecular weight excluding hydrogens is 100 g/mol. The molecule has 0 unspecified atom stereocenters. The fourth-order valence-corrected chi connectivity index (χ4v) is 0.456. The molecule has 1 rings (SSSR count). The van der Waals surface area contributed by atoms with Gasteiger partial charge in [0.25, 0.3) is 0 Å². The molecule has 0 spiro atoms. The van der Waals surface area contributed by atoms with Gasteiger partial charge in [-0.2, -0.15) is 0 Å². The van der Waals surface area contributed by atoms with Crippen LogP contribution in [-0.2, 0) is 0 Å². The van der Waals surface area contributed by atoms with Crippen LogP contribution in [0.5, 0.6) is 0 Å². The van der Waals surface area contributed by atoms with Crippen molar-refractivity contribution in [2.24, 2.45) is 4.99 Å². The van der Waals surface area contributed by atoms with E-state index in [4.69, 9.17) is 0 Å². The van der Waals surface area contributed by atoms with Gasteiger partial charge in [-0.1, -0.05) is 6.58 Å². The third kappa shape index (κ3) is 0.780. The molecule has 0 aliphatic carbocycles. The molecule has 0 aromatic rings. The lowest BCUT2D eigenvalue weighted by Gasteiger charge is -2.06. The topological polar surface area (TPSA) is 24.4 Å². The highest BCUT2D eigenvalue weighted by atomic mass is 15.0. The Morgan fingerprint density at radius 2 is 2.50 bits per heavy atom. The number of nitrogens with one attached hydrogen (secondary N) is 1. The average Bonchev–Trinajstić information content (AvgIpc) is 1.77. The minimum absolute atomic E-state index is 0.931. The number of rotatable bonds is 0. The summed E-state index contributed by atoms with van der Waals surface area (Å²) in [4.78, 5) is 3.85. The molecule has 1 heterocycles. The standard InChI is InChI=1S/C6H8N2/c1-5-3-7-4-8-6(5)2/h3-4H,2H2,1H3,(H,7,8). The highest BCUT2D eigenvalue weighted by Gasteiger charge is 1.94. The molecule has 0 aromatic heterocycles. The molecular formula is C6H8N2. The van der Waals surface area contributed by atoms with Gasteiger partial charge in [0.2, 0.25) is 0 Å². The Kier molecular flexibility index (Phi) is 1.16. The van der Waals surface area contributed by atoms with Crippen molar-refractivity contribution < 1.29 is 0 Å². The van der Waals surface area contributed by atoms with E-state index in [2.05, 4.69) is 16.9 Å². The van der Waals surface area contributed by atoms with Gasteiger partial charge in [-0.15, -0.1) is 0 Å². The molecule has 0 saturated heterocycles. The molecule has 2 nitrogen and oxygen atoms in total. The second-order valence-electron chi connectivity index (χ2n) is 1.71. The number of allylic oxidation sites excluding steroid dienone is 1. The molecule has 42 valence electrons. The van der Waals surface area contributed by atoms with E-state index < -0.39 is 0 Å². The Hall–Kier alpha value is -1.05. The SMILES string of the molecule is C=C1NC=NC=C1C. The van der Waals surface area contributed by atoms with Crippen LogP contribution < -0.4 is 5.32 Å². The third-order valence-corrected chi connectivity index (χ3v) is 1.06. The van der Waals surface area contributed by atoms with Crippen molar-refractivity contribution in [3.8, 4) is 0 Å². The van der Waals surface area contributed by atoms with Gasteiger partial charge >= 0.3 is 0 Å². The Labute approximate surface area is 48.6 Å². The fourth-order valence-electron chi connectivity index (χ4n) is 0.456. The van der Waals surface area contributed by atoms with Gasteiger partial charge in [0.1, 0.15) is 0 Å². The second-order valence-corrected chi connectivity index (χ2v) is 1.71. The Morgan fingerprint density at radius 3 is 2.88 bits per heavy atom. The van der Waals surface area contributed by atoms with E-state index >= 15 is 0 Å². The lowest BCUT2D eigenvalue weighted by Crippen LogP contribution is -2.12. The Morgan fingerprint density at radius 1 is 1.75 bits per heavy atom. The van der Waals surface area contributed by atoms with Crippen molar-refractivity contribution in [3.05, 3.63) is 24.0 Å². The van der Waals surface area contributed by atoms with Gasteiger partial charge in [0, 0.05) is 11.9 Å². The minimum Gasteiger partial charge on any atom is -0.347 e. The van der Waals surface area contributed by atoms with Crippen molar-refractivity contribution in [2.75, 3.05) is 0 Å². The molecule has 0 amide bonds. The van der Waals surface area contributed by atoms with Crippen LogP contribution in [0, 0.1) is 0 Å². The maximum absolute atomic E-state index is 3.85. The van der Waals surface area contributed by atoms with E-state index in [0.717, 1.165) is 11.3 Å². The Bertz CT molecular complexity index is 165. The van der Waals surface area contributed by atoms with Crippen LogP contribution in [0.2, 0.25) is 0 Å². The van der Waals surface area contributed by atoms with E-state index in [1.165, 1.54) is 0 Å². The van der Waals surface area contributed by atoms with Crippen LogP contribution in [0.1, 0.15) is 6.92 Å². The molecule has 0 radical (unpaired) electrons. The molecule has 0 fully saturated rings. The highest BCUT2D eigenvalue weighted by molar-refractivity contribution is 5.62. The van der Waals surface area contributed by atoms with Crippen LogP contribution >= 0.6 is 0 Å². The van der Waals surface area contributed by atoms with Crippen LogP contribution in [0.3, 0.4) is 0 Å². The molecule has 8 heavy (non-hydrogen) atoms. The zero-order valence-corrected chi connectivity index (χ0v) is 4.81. The molecule has 0 aromatic carbocycles. The van der Waals surface area contributed by atoms with E-state index in [0.29, 0.717) is 0 Å². The molecule has 2 heteroatoms. The maximum atomic E-state index is 3.85. The number of hydrogen-bond donors (Lipinski definition) is 1. The zero-order valence-electron chi connectivity index (χ0n) is 4.81. The summed E-state index contributed by atoms with van der Waals surface area (Å²) in [7, 11) is 0. The molecule has 0 saturated carbocycles. The lowest BCUT2D eigenvalue weighted by atomic mass is 10.2. The fraction of sp³-hybridized carbons (Fsp3) is 0.167. The predicted molar refractivity (Wildman–Crippen MR) is 34.5 cm³/mol. The smallest absolute Gasteiger partial charge is 0.0923 e. The van der Waals surface area contributed by atoms with Gasteiger partial charge in [-0.25, -0.2) is 4.99 Å². The van der Waals surface area contributed by atoms with Crippen molar-refractivity contribution in [1.82, 2.24) is 5.32 Å². The summed E-state index contributed by atoms with van der Waals surface area (Å²) >= 11 is 0. The van der Waals surface area contributed by atoms with Crippen molar-refractivity contribution in [1.29, 1.82) is 0 Å². The summed E-state index contributed by atoms with van der Waals surface area (Å²) in [6, 6.07) is 0. The van der Waals surface area contributed by atoms with Crippen LogP contribution in [0.4, 0.5) is 0 Å². The van der Waals surface area contributed by atoms with Crippen molar-refractivity contribution in [3.63, 3.8) is 0 Å². The molecule has 0 bridgehead atoms. The second kappa shape index (κ2) is 1.82. The molecule has 1 N–H and O–H groups in total. The lowest BCUT2D eigenvalue weighted by molar-refractivity contribution is 1.11. The summed E-state index contributed by atoms with van der Waals surface area (Å²) in [5, 5.41) is 2.88. The predicted octanol–water partition coefficient (Wildman–Crippen LogP) is 1.04. The summed E-state index contributed by atoms with van der Waals surface area (Å²) < 4.78 is 0. The summed E-state index contributed by atoms with van der Waals surface area (Å²) in [6.45, 7) is 5.69. The van der Waals surface area contributed by atoms with E-state index in [1.807, 2.05) is 6.92 Å². The number of hydrogen-bond acceptors (Lipinski definition) is 2. The van der Waals surface area contributed by atoms with Crippen LogP contribution in [-0.4, -0.2) is 6.34 Å². The summed E-state index contributed by atoms with van der Waals surface area (Å²) in [5.41, 5.74) is 2.02. The maximum Gasteiger partial charge on any atom is 0.0923 e. The quantitative estimate of drug-likeness (QED) is 0.492. The molecule has 0 atom stereocenters. The van der Waals surface area contributed by atoms with Gasteiger partial charge in [0.15, 0.2) is 0 Å². The van der Waals surface area contributed by atoms with Crippen LogP contribution in [0.25, 0.3) is 0 Å². The number of aliphatic imine (C=N–C) groups is 1. The van der Waals surface area contributed by atoms with Crippen molar-refractivity contribution >= 4 is 6.34 Å². The van der Waals surface area contributed by atoms with Gasteiger partial charge in [0.05, 0.1) is 6.34 Å². The Balaban J connectivity index is 2.80. The largest absolute Gasteiger partial charge is 0.347 e. The monoisotopic (exact) mass is 108 g/mol. The first-order valence-electron chi connectivity index (χ1n) is 2.45. The highest BCUT2D eigenvalue weighted by Crippen LogP contribution is 2.04.